The van der Waals surface area contributed by atoms with Crippen LogP contribution in [0.2, 0.25) is 0 Å². The fourth-order valence-electron chi connectivity index (χ4n) is 3.47. The van der Waals surface area contributed by atoms with Crippen LogP contribution in [0.3, 0.4) is 0 Å². The number of carboxylic acid groups (broad SMARTS) is 1. The molecule has 0 rings (SSSR count). The monoisotopic (exact) mass is 416 g/mol. The summed E-state index contributed by atoms with van der Waals surface area (Å²) in [6, 6.07) is 0. The molecule has 0 aromatic heterocycles. The van der Waals surface area contributed by atoms with Crippen molar-refractivity contribution in [1.82, 2.24) is 0 Å². The summed E-state index contributed by atoms with van der Waals surface area (Å²) < 4.78 is 0. The van der Waals surface area contributed by atoms with E-state index in [-0.39, 0.29) is 13.0 Å². The Bertz CT molecular complexity index is 540. The average Bonchev–Trinajstić information content (AvgIpc) is 2.73. The number of hydrogen-bond donors (Lipinski definition) is 2. The van der Waals surface area contributed by atoms with E-state index in [4.69, 9.17) is 5.11 Å². The van der Waals surface area contributed by atoms with Gasteiger partial charge in [-0.25, -0.2) is 0 Å². The van der Waals surface area contributed by atoms with Gasteiger partial charge in [-0.3, -0.25) is 4.79 Å². The normalized spacial score (nSPS) is 14.8. The molecule has 0 saturated carbocycles. The van der Waals surface area contributed by atoms with Gasteiger partial charge in [0.05, 0.1) is 0 Å². The topological polar surface area (TPSA) is 57.5 Å². The van der Waals surface area contributed by atoms with Crippen molar-refractivity contribution < 1.29 is 15.0 Å². The zero-order valence-corrected chi connectivity index (χ0v) is 19.2. The van der Waals surface area contributed by atoms with Gasteiger partial charge in [-0.2, -0.15) is 0 Å². The van der Waals surface area contributed by atoms with Crippen LogP contribution in [0.15, 0.2) is 60.8 Å². The summed E-state index contributed by atoms with van der Waals surface area (Å²) in [6.07, 6.45) is 31.8. The standard InChI is InChI=1S/C27H44O3/c1-3-5-16-20-25(4-2)26(22-19-24-28)21-17-14-12-10-8-6-7-9-11-13-15-18-23-27(29)30/h6-8,10,12-15,17,21,25-26,28H,3-5,9,11,16,18-20,22-24H2,1-2H3,(H,29,30). The van der Waals surface area contributed by atoms with E-state index in [1.165, 1.54) is 32.1 Å². The predicted octanol–water partition coefficient (Wildman–Crippen LogP) is 7.41. The highest BCUT2D eigenvalue weighted by Crippen LogP contribution is 2.27. The predicted molar refractivity (Wildman–Crippen MR) is 130 cm³/mol. The minimum absolute atomic E-state index is 0.204. The second-order valence-corrected chi connectivity index (χ2v) is 7.76. The molecule has 0 bridgehead atoms. The van der Waals surface area contributed by atoms with Gasteiger partial charge in [-0.05, 0) is 50.4 Å². The Hall–Kier alpha value is -1.87. The van der Waals surface area contributed by atoms with Crippen molar-refractivity contribution in [2.24, 2.45) is 11.8 Å². The molecular formula is C27H44O3. The molecule has 2 N–H and O–H groups in total. The minimum atomic E-state index is -0.745. The molecule has 0 saturated heterocycles. The van der Waals surface area contributed by atoms with Crippen molar-refractivity contribution in [2.75, 3.05) is 6.61 Å². The van der Waals surface area contributed by atoms with Crippen LogP contribution in [0, 0.1) is 11.8 Å². The molecule has 30 heavy (non-hydrogen) atoms. The van der Waals surface area contributed by atoms with Gasteiger partial charge in [-0.1, -0.05) is 100 Å². The van der Waals surface area contributed by atoms with Gasteiger partial charge in [-0.15, -0.1) is 0 Å². The molecular weight excluding hydrogens is 372 g/mol. The van der Waals surface area contributed by atoms with Crippen molar-refractivity contribution >= 4 is 5.97 Å². The molecule has 170 valence electrons. The lowest BCUT2D eigenvalue weighted by Gasteiger charge is -2.23. The molecule has 0 aliphatic carbocycles. The van der Waals surface area contributed by atoms with E-state index >= 15 is 0 Å². The number of aliphatic hydroxyl groups excluding tert-OH is 1. The maximum absolute atomic E-state index is 10.4. The molecule has 0 aromatic carbocycles. The molecule has 0 aromatic rings. The number of unbranched alkanes of at least 4 members (excludes halogenated alkanes) is 3. The van der Waals surface area contributed by atoms with Gasteiger partial charge in [0.1, 0.15) is 0 Å². The first-order chi connectivity index (χ1) is 14.7. The molecule has 0 aliphatic heterocycles. The summed E-state index contributed by atoms with van der Waals surface area (Å²) in [5, 5.41) is 17.8. The Morgan fingerprint density at radius 2 is 1.47 bits per heavy atom. The highest BCUT2D eigenvalue weighted by Gasteiger charge is 2.16. The number of carbonyl (C=O) groups is 1. The molecule has 0 fully saturated rings. The Labute approximate surface area is 185 Å². The van der Waals surface area contributed by atoms with E-state index in [1.807, 2.05) is 36.5 Å². The number of hydrogen-bond acceptors (Lipinski definition) is 2. The van der Waals surface area contributed by atoms with E-state index in [2.05, 4.69) is 38.2 Å². The molecule has 0 radical (unpaired) electrons. The third-order valence-corrected chi connectivity index (χ3v) is 5.25. The molecule has 2 unspecified atom stereocenters. The quantitative estimate of drug-likeness (QED) is 0.131. The van der Waals surface area contributed by atoms with Gasteiger partial charge in [0.2, 0.25) is 0 Å². The summed E-state index contributed by atoms with van der Waals surface area (Å²) in [5.41, 5.74) is 0. The largest absolute Gasteiger partial charge is 0.481 e. The first-order valence-corrected chi connectivity index (χ1v) is 11.8. The van der Waals surface area contributed by atoms with Crippen molar-refractivity contribution in [3.63, 3.8) is 0 Å². The first kappa shape index (κ1) is 28.1. The summed E-state index contributed by atoms with van der Waals surface area (Å²) in [4.78, 5) is 10.4. The van der Waals surface area contributed by atoms with E-state index in [1.54, 1.807) is 0 Å². The maximum Gasteiger partial charge on any atom is 0.303 e. The van der Waals surface area contributed by atoms with E-state index in [0.29, 0.717) is 18.3 Å². The van der Waals surface area contributed by atoms with E-state index in [9.17, 15) is 9.90 Å². The van der Waals surface area contributed by atoms with Gasteiger partial charge in [0, 0.05) is 13.0 Å². The Morgan fingerprint density at radius 3 is 2.13 bits per heavy atom. The maximum atomic E-state index is 10.4. The summed E-state index contributed by atoms with van der Waals surface area (Å²) in [5.74, 6) is 0.519. The Morgan fingerprint density at radius 1 is 0.800 bits per heavy atom. The van der Waals surface area contributed by atoms with Crippen molar-refractivity contribution in [2.45, 2.75) is 84.5 Å². The van der Waals surface area contributed by atoms with Gasteiger partial charge >= 0.3 is 5.97 Å². The van der Waals surface area contributed by atoms with Crippen LogP contribution >= 0.6 is 0 Å². The van der Waals surface area contributed by atoms with Gasteiger partial charge in [0.25, 0.3) is 0 Å². The molecule has 0 heterocycles. The van der Waals surface area contributed by atoms with E-state index < -0.39 is 5.97 Å². The number of aliphatic carboxylic acids is 1. The van der Waals surface area contributed by atoms with Crippen LogP contribution in [0.1, 0.15) is 84.5 Å². The highest BCUT2D eigenvalue weighted by atomic mass is 16.4. The van der Waals surface area contributed by atoms with Crippen LogP contribution in [-0.2, 0) is 4.79 Å². The van der Waals surface area contributed by atoms with E-state index in [0.717, 1.165) is 25.7 Å². The average molecular weight is 417 g/mol. The number of rotatable bonds is 19. The fourth-order valence-corrected chi connectivity index (χ4v) is 3.47. The zero-order chi connectivity index (χ0) is 22.3. The minimum Gasteiger partial charge on any atom is -0.481 e. The Balaban J connectivity index is 4.27. The second kappa shape index (κ2) is 21.8. The van der Waals surface area contributed by atoms with Crippen molar-refractivity contribution in [3.05, 3.63) is 60.8 Å². The molecule has 0 amide bonds. The van der Waals surface area contributed by atoms with Crippen molar-refractivity contribution in [1.29, 1.82) is 0 Å². The third-order valence-electron chi connectivity index (χ3n) is 5.25. The summed E-state index contributed by atoms with van der Waals surface area (Å²) >= 11 is 0. The Kier molecular flexibility index (Phi) is 20.5. The van der Waals surface area contributed by atoms with Gasteiger partial charge < -0.3 is 10.2 Å². The van der Waals surface area contributed by atoms with Crippen LogP contribution in [0.25, 0.3) is 0 Å². The molecule has 3 heteroatoms. The van der Waals surface area contributed by atoms with Crippen molar-refractivity contribution in [3.8, 4) is 0 Å². The van der Waals surface area contributed by atoms with Crippen LogP contribution in [-0.4, -0.2) is 22.8 Å². The van der Waals surface area contributed by atoms with Crippen LogP contribution in [0.4, 0.5) is 0 Å². The molecule has 3 nitrogen and oxygen atoms in total. The number of aliphatic hydroxyl groups is 1. The lowest BCUT2D eigenvalue weighted by atomic mass is 9.82. The van der Waals surface area contributed by atoms with Crippen LogP contribution in [0.5, 0.6) is 0 Å². The number of allylic oxidation sites excluding steroid dienone is 10. The molecule has 2 atom stereocenters. The number of carboxylic acids is 1. The fraction of sp³-hybridized carbons (Fsp3) is 0.593. The smallest absolute Gasteiger partial charge is 0.303 e. The lowest BCUT2D eigenvalue weighted by molar-refractivity contribution is -0.136. The zero-order valence-electron chi connectivity index (χ0n) is 19.2. The van der Waals surface area contributed by atoms with Gasteiger partial charge in [0.15, 0.2) is 0 Å². The molecule has 0 aliphatic rings. The highest BCUT2D eigenvalue weighted by molar-refractivity contribution is 5.66. The first-order valence-electron chi connectivity index (χ1n) is 11.8. The second-order valence-electron chi connectivity index (χ2n) is 7.76. The van der Waals surface area contributed by atoms with Crippen LogP contribution < -0.4 is 0 Å². The lowest BCUT2D eigenvalue weighted by Crippen LogP contribution is -2.13. The summed E-state index contributed by atoms with van der Waals surface area (Å²) in [6.45, 7) is 4.81. The summed E-state index contributed by atoms with van der Waals surface area (Å²) in [7, 11) is 0. The third kappa shape index (κ3) is 18.2. The SMILES string of the molecule is CCCCCC(CC)C(C=CC=CC=CC=CCCC=CCCC(=O)O)CCCO. The molecule has 0 spiro atoms.